The average Bonchev–Trinajstić information content (AvgIpc) is 2.60. The topological polar surface area (TPSA) is 26.3 Å². The van der Waals surface area contributed by atoms with Crippen LogP contribution in [-0.4, -0.2) is 13.1 Å². The van der Waals surface area contributed by atoms with Gasteiger partial charge in [0.25, 0.3) is 0 Å². The summed E-state index contributed by atoms with van der Waals surface area (Å²) in [6.45, 7) is 2.04. The number of methoxy groups -OCH3 is 1. The van der Waals surface area contributed by atoms with Crippen LogP contribution in [0.15, 0.2) is 66.7 Å². The van der Waals surface area contributed by atoms with Crippen molar-refractivity contribution in [2.75, 3.05) is 7.11 Å². The fraction of sp³-hybridized carbons (Fsp3) is 0.0952. The Balaban J connectivity index is 2.10. The minimum Gasteiger partial charge on any atom is -0.465 e. The molecule has 0 heterocycles. The number of fused-ring (bicyclic) bond motifs is 1. The molecule has 3 aromatic rings. The third-order valence-corrected chi connectivity index (χ3v) is 3.85. The molecular weight excluding hydrogens is 284 g/mol. The summed E-state index contributed by atoms with van der Waals surface area (Å²) < 4.78 is 4.97. The molecule has 0 aromatic heterocycles. The molecule has 23 heavy (non-hydrogen) atoms. The Labute approximate surface area is 136 Å². The third-order valence-electron chi connectivity index (χ3n) is 3.85. The van der Waals surface area contributed by atoms with Crippen LogP contribution >= 0.6 is 0 Å². The molecule has 0 bridgehead atoms. The van der Waals surface area contributed by atoms with Gasteiger partial charge in [0.05, 0.1) is 12.7 Å². The molecule has 0 aliphatic carbocycles. The van der Waals surface area contributed by atoms with E-state index in [1.807, 2.05) is 73.7 Å². The van der Waals surface area contributed by atoms with E-state index < -0.39 is 0 Å². The summed E-state index contributed by atoms with van der Waals surface area (Å²) in [6, 6.07) is 22.2. The van der Waals surface area contributed by atoms with E-state index in [9.17, 15) is 4.79 Å². The van der Waals surface area contributed by atoms with Crippen LogP contribution in [0.5, 0.6) is 0 Å². The van der Waals surface area contributed by atoms with Crippen molar-refractivity contribution in [3.05, 3.63) is 83.4 Å². The summed E-state index contributed by atoms with van der Waals surface area (Å²) in [7, 11) is 1.41. The number of hydrogen-bond donors (Lipinski definition) is 0. The summed E-state index contributed by atoms with van der Waals surface area (Å²) in [5.74, 6) is -0.333. The summed E-state index contributed by atoms with van der Waals surface area (Å²) in [6.07, 6.45) is 1.87. The predicted molar refractivity (Wildman–Crippen MR) is 95.0 cm³/mol. The molecule has 0 unspecified atom stereocenters. The smallest absolute Gasteiger partial charge is 0.338 e. The first-order valence-corrected chi connectivity index (χ1v) is 7.53. The van der Waals surface area contributed by atoms with Crippen LogP contribution in [0.25, 0.3) is 22.4 Å². The van der Waals surface area contributed by atoms with Gasteiger partial charge in [-0.2, -0.15) is 0 Å². The van der Waals surface area contributed by atoms with Gasteiger partial charge >= 0.3 is 5.97 Å². The number of benzene rings is 3. The van der Waals surface area contributed by atoms with E-state index in [0.29, 0.717) is 5.57 Å². The monoisotopic (exact) mass is 302 g/mol. The number of aryl methyl sites for hydroxylation is 1. The minimum absolute atomic E-state index is 0.333. The molecule has 0 atom stereocenters. The number of rotatable bonds is 3. The molecule has 0 aliphatic rings. The van der Waals surface area contributed by atoms with Crippen molar-refractivity contribution in [1.29, 1.82) is 0 Å². The Hall–Kier alpha value is -2.87. The van der Waals surface area contributed by atoms with Crippen LogP contribution in [0, 0.1) is 6.92 Å². The second kappa shape index (κ2) is 6.49. The van der Waals surface area contributed by atoms with Crippen LogP contribution in [0.4, 0.5) is 0 Å². The van der Waals surface area contributed by atoms with Crippen molar-refractivity contribution in [3.63, 3.8) is 0 Å². The van der Waals surface area contributed by atoms with Gasteiger partial charge in [0.1, 0.15) is 0 Å². The second-order valence-corrected chi connectivity index (χ2v) is 5.52. The highest BCUT2D eigenvalue weighted by atomic mass is 16.5. The molecule has 0 amide bonds. The fourth-order valence-electron chi connectivity index (χ4n) is 2.56. The maximum Gasteiger partial charge on any atom is 0.338 e. The quantitative estimate of drug-likeness (QED) is 0.392. The molecule has 0 aliphatic heterocycles. The zero-order chi connectivity index (χ0) is 16.2. The Morgan fingerprint density at radius 3 is 2.30 bits per heavy atom. The van der Waals surface area contributed by atoms with Crippen molar-refractivity contribution in [2.45, 2.75) is 6.92 Å². The fourth-order valence-corrected chi connectivity index (χ4v) is 2.56. The van der Waals surface area contributed by atoms with Crippen LogP contribution in [0.2, 0.25) is 0 Å². The van der Waals surface area contributed by atoms with Crippen molar-refractivity contribution in [1.82, 2.24) is 0 Å². The van der Waals surface area contributed by atoms with E-state index >= 15 is 0 Å². The number of hydrogen-bond acceptors (Lipinski definition) is 2. The molecule has 2 heteroatoms. The van der Waals surface area contributed by atoms with Crippen LogP contribution in [0.3, 0.4) is 0 Å². The molecule has 0 saturated heterocycles. The molecular formula is C21H18O2. The van der Waals surface area contributed by atoms with E-state index in [2.05, 4.69) is 6.07 Å². The summed E-state index contributed by atoms with van der Waals surface area (Å²) in [5.41, 5.74) is 3.58. The first kappa shape index (κ1) is 15.0. The number of carbonyl (C=O) groups excluding carboxylic acids is 1. The highest BCUT2D eigenvalue weighted by Gasteiger charge is 2.13. The van der Waals surface area contributed by atoms with Gasteiger partial charge in [-0.15, -0.1) is 0 Å². The van der Waals surface area contributed by atoms with Crippen molar-refractivity contribution in [3.8, 4) is 0 Å². The second-order valence-electron chi connectivity index (χ2n) is 5.52. The van der Waals surface area contributed by atoms with Gasteiger partial charge in [-0.1, -0.05) is 66.2 Å². The van der Waals surface area contributed by atoms with Crippen molar-refractivity contribution in [2.24, 2.45) is 0 Å². The van der Waals surface area contributed by atoms with Gasteiger partial charge < -0.3 is 4.74 Å². The molecule has 0 fully saturated rings. The molecule has 114 valence electrons. The standard InChI is InChI=1S/C21H18O2/c1-15-7-9-16(10-8-15)13-20(21(22)23-2)19-12-11-17-5-3-4-6-18(17)14-19/h3-14H,1-2H3/b20-13-. The predicted octanol–water partition coefficient (Wildman–Crippen LogP) is 4.86. The summed E-state index contributed by atoms with van der Waals surface area (Å²) >= 11 is 0. The number of carbonyl (C=O) groups is 1. The molecule has 3 aromatic carbocycles. The maximum absolute atomic E-state index is 12.2. The van der Waals surface area contributed by atoms with Gasteiger partial charge in [0, 0.05) is 0 Å². The Morgan fingerprint density at radius 2 is 1.61 bits per heavy atom. The lowest BCUT2D eigenvalue weighted by Gasteiger charge is -2.08. The molecule has 2 nitrogen and oxygen atoms in total. The lowest BCUT2D eigenvalue weighted by Crippen LogP contribution is -2.04. The minimum atomic E-state index is -0.333. The van der Waals surface area contributed by atoms with Gasteiger partial charge in [0.2, 0.25) is 0 Å². The van der Waals surface area contributed by atoms with E-state index in [-0.39, 0.29) is 5.97 Å². The molecule has 0 N–H and O–H groups in total. The first-order valence-electron chi connectivity index (χ1n) is 7.53. The van der Waals surface area contributed by atoms with E-state index in [0.717, 1.165) is 21.9 Å². The lowest BCUT2D eigenvalue weighted by molar-refractivity contribution is -0.133. The van der Waals surface area contributed by atoms with Crippen molar-refractivity contribution >= 4 is 28.4 Å². The Morgan fingerprint density at radius 1 is 0.913 bits per heavy atom. The van der Waals surface area contributed by atoms with E-state index in [1.54, 1.807) is 0 Å². The van der Waals surface area contributed by atoms with Crippen LogP contribution in [-0.2, 0) is 9.53 Å². The van der Waals surface area contributed by atoms with Gasteiger partial charge in [-0.05, 0) is 41.0 Å². The largest absolute Gasteiger partial charge is 0.465 e. The Kier molecular flexibility index (Phi) is 4.24. The first-order chi connectivity index (χ1) is 11.2. The summed E-state index contributed by atoms with van der Waals surface area (Å²) in [5, 5.41) is 2.25. The summed E-state index contributed by atoms with van der Waals surface area (Å²) in [4.78, 5) is 12.2. The average molecular weight is 302 g/mol. The van der Waals surface area contributed by atoms with Gasteiger partial charge in [-0.3, -0.25) is 0 Å². The van der Waals surface area contributed by atoms with Gasteiger partial charge in [-0.25, -0.2) is 4.79 Å². The lowest BCUT2D eigenvalue weighted by atomic mass is 9.99. The molecule has 0 saturated carbocycles. The zero-order valence-corrected chi connectivity index (χ0v) is 13.2. The highest BCUT2D eigenvalue weighted by Crippen LogP contribution is 2.24. The van der Waals surface area contributed by atoms with Crippen molar-refractivity contribution < 1.29 is 9.53 Å². The molecule has 0 spiro atoms. The zero-order valence-electron chi connectivity index (χ0n) is 13.2. The maximum atomic E-state index is 12.2. The SMILES string of the molecule is COC(=O)/C(=C\c1ccc(C)cc1)c1ccc2ccccc2c1. The number of ether oxygens (including phenoxy) is 1. The molecule has 3 rings (SSSR count). The van der Waals surface area contributed by atoms with E-state index in [1.165, 1.54) is 12.7 Å². The third kappa shape index (κ3) is 3.32. The number of esters is 1. The highest BCUT2D eigenvalue weighted by molar-refractivity contribution is 6.22. The normalized spacial score (nSPS) is 11.5. The van der Waals surface area contributed by atoms with Gasteiger partial charge in [0.15, 0.2) is 0 Å². The molecule has 0 radical (unpaired) electrons. The van der Waals surface area contributed by atoms with Crippen LogP contribution in [0.1, 0.15) is 16.7 Å². The van der Waals surface area contributed by atoms with E-state index in [4.69, 9.17) is 4.74 Å². The van der Waals surface area contributed by atoms with Crippen LogP contribution < -0.4 is 0 Å². The Bertz CT molecular complexity index is 874.